The minimum absolute atomic E-state index is 0.481. The maximum Gasteiger partial charge on any atom is 0.416 e. The molecular formula is C16H24F3N. The number of benzene rings is 1. The first-order valence-corrected chi connectivity index (χ1v) is 7.24. The average molecular weight is 287 g/mol. The van der Waals surface area contributed by atoms with Gasteiger partial charge in [0.25, 0.3) is 0 Å². The van der Waals surface area contributed by atoms with E-state index in [9.17, 15) is 13.2 Å². The summed E-state index contributed by atoms with van der Waals surface area (Å²) in [4.78, 5) is 0. The van der Waals surface area contributed by atoms with Crippen molar-refractivity contribution in [3.8, 4) is 0 Å². The number of hydrogen-bond acceptors (Lipinski definition) is 1. The number of alkyl halides is 3. The summed E-state index contributed by atoms with van der Waals surface area (Å²) < 4.78 is 37.3. The van der Waals surface area contributed by atoms with Crippen LogP contribution >= 0.6 is 0 Å². The minimum Gasteiger partial charge on any atom is -0.314 e. The fourth-order valence-electron chi connectivity index (χ4n) is 2.32. The van der Waals surface area contributed by atoms with Gasteiger partial charge >= 0.3 is 6.18 Å². The Bertz CT molecular complexity index is 382. The summed E-state index contributed by atoms with van der Waals surface area (Å²) in [6.45, 7) is 7.41. The lowest BCUT2D eigenvalue weighted by Gasteiger charge is -2.21. The van der Waals surface area contributed by atoms with Crippen LogP contribution in [0.25, 0.3) is 0 Å². The third-order valence-corrected chi connectivity index (χ3v) is 3.53. The van der Waals surface area contributed by atoms with Gasteiger partial charge in [-0.15, -0.1) is 0 Å². The van der Waals surface area contributed by atoms with Gasteiger partial charge in [0.1, 0.15) is 0 Å². The first kappa shape index (κ1) is 17.0. The lowest BCUT2D eigenvalue weighted by Crippen LogP contribution is -2.33. The number of hydrogen-bond donors (Lipinski definition) is 1. The summed E-state index contributed by atoms with van der Waals surface area (Å²) in [5.74, 6) is 0.572. The van der Waals surface area contributed by atoms with Gasteiger partial charge in [0, 0.05) is 6.04 Å². The van der Waals surface area contributed by atoms with Crippen molar-refractivity contribution >= 4 is 0 Å². The Morgan fingerprint density at radius 2 is 1.70 bits per heavy atom. The van der Waals surface area contributed by atoms with Gasteiger partial charge in [0.05, 0.1) is 5.56 Å². The first-order chi connectivity index (χ1) is 9.34. The Morgan fingerprint density at radius 3 is 2.15 bits per heavy atom. The van der Waals surface area contributed by atoms with E-state index in [1.54, 1.807) is 12.1 Å². The molecule has 1 aromatic carbocycles. The van der Waals surface area contributed by atoms with Gasteiger partial charge in [0.15, 0.2) is 0 Å². The highest BCUT2D eigenvalue weighted by Gasteiger charge is 2.29. The van der Waals surface area contributed by atoms with E-state index in [4.69, 9.17) is 0 Å². The molecule has 0 saturated carbocycles. The zero-order valence-electron chi connectivity index (χ0n) is 12.4. The van der Waals surface area contributed by atoms with E-state index in [1.165, 1.54) is 12.1 Å². The van der Waals surface area contributed by atoms with E-state index < -0.39 is 11.7 Å². The molecule has 0 radical (unpaired) electrons. The quantitative estimate of drug-likeness (QED) is 0.769. The molecule has 1 N–H and O–H groups in total. The highest BCUT2D eigenvalue weighted by Crippen LogP contribution is 2.29. The van der Waals surface area contributed by atoms with E-state index in [0.29, 0.717) is 12.0 Å². The topological polar surface area (TPSA) is 12.0 Å². The summed E-state index contributed by atoms with van der Waals surface area (Å²) in [6, 6.07) is 5.98. The molecular weight excluding hydrogens is 263 g/mol. The van der Waals surface area contributed by atoms with Crippen LogP contribution in [0, 0.1) is 5.92 Å². The van der Waals surface area contributed by atoms with Crippen molar-refractivity contribution < 1.29 is 13.2 Å². The molecule has 0 saturated heterocycles. The van der Waals surface area contributed by atoms with Crippen molar-refractivity contribution in [2.45, 2.75) is 52.3 Å². The molecule has 1 atom stereocenters. The summed E-state index contributed by atoms with van der Waals surface area (Å²) >= 11 is 0. The van der Waals surface area contributed by atoms with Crippen molar-refractivity contribution in [2.75, 3.05) is 6.54 Å². The van der Waals surface area contributed by atoms with E-state index in [-0.39, 0.29) is 0 Å². The van der Waals surface area contributed by atoms with Crippen LogP contribution in [0.3, 0.4) is 0 Å². The van der Waals surface area contributed by atoms with Crippen LogP contribution in [0.5, 0.6) is 0 Å². The van der Waals surface area contributed by atoms with Crippen LogP contribution in [-0.2, 0) is 12.6 Å². The lowest BCUT2D eigenvalue weighted by molar-refractivity contribution is -0.137. The Labute approximate surface area is 119 Å². The van der Waals surface area contributed by atoms with Gasteiger partial charge in [-0.25, -0.2) is 0 Å². The van der Waals surface area contributed by atoms with Gasteiger partial charge in [-0.05, 0) is 49.4 Å². The maximum atomic E-state index is 12.4. The van der Waals surface area contributed by atoms with Gasteiger partial charge in [-0.1, -0.05) is 32.9 Å². The summed E-state index contributed by atoms with van der Waals surface area (Å²) in [5.41, 5.74) is 0.394. The maximum absolute atomic E-state index is 12.4. The van der Waals surface area contributed by atoms with Crippen molar-refractivity contribution in [2.24, 2.45) is 5.92 Å². The fraction of sp³-hybridized carbons (Fsp3) is 0.625. The van der Waals surface area contributed by atoms with E-state index >= 15 is 0 Å². The molecule has 1 unspecified atom stereocenters. The van der Waals surface area contributed by atoms with Gasteiger partial charge in [0.2, 0.25) is 0 Å². The SMILES string of the molecule is CCNC(CCCc1ccc(C(F)(F)F)cc1)C(C)C. The standard InChI is InChI=1S/C16H24F3N/c1-4-20-15(12(2)3)7-5-6-13-8-10-14(11-9-13)16(17,18)19/h8-12,15,20H,4-7H2,1-3H3. The number of rotatable bonds is 7. The number of aryl methyl sites for hydroxylation is 1. The zero-order chi connectivity index (χ0) is 15.2. The van der Waals surface area contributed by atoms with Gasteiger partial charge in [-0.2, -0.15) is 13.2 Å². The first-order valence-electron chi connectivity index (χ1n) is 7.24. The summed E-state index contributed by atoms with van der Waals surface area (Å²) in [6.07, 6.45) is -1.38. The number of nitrogens with one attached hydrogen (secondary N) is 1. The van der Waals surface area contributed by atoms with E-state index in [0.717, 1.165) is 31.4 Å². The van der Waals surface area contributed by atoms with Gasteiger partial charge < -0.3 is 5.32 Å². The smallest absolute Gasteiger partial charge is 0.314 e. The second-order valence-corrected chi connectivity index (χ2v) is 5.50. The number of halogens is 3. The highest BCUT2D eigenvalue weighted by atomic mass is 19.4. The van der Waals surface area contributed by atoms with Crippen LogP contribution in [-0.4, -0.2) is 12.6 Å². The summed E-state index contributed by atoms with van der Waals surface area (Å²) in [7, 11) is 0. The minimum atomic E-state index is -4.24. The fourth-order valence-corrected chi connectivity index (χ4v) is 2.32. The molecule has 4 heteroatoms. The average Bonchev–Trinajstić information content (AvgIpc) is 2.37. The van der Waals surface area contributed by atoms with E-state index in [1.807, 2.05) is 0 Å². The van der Waals surface area contributed by atoms with Crippen molar-refractivity contribution in [1.29, 1.82) is 0 Å². The molecule has 1 nitrogen and oxygen atoms in total. The molecule has 0 heterocycles. The predicted molar refractivity (Wildman–Crippen MR) is 76.7 cm³/mol. The molecule has 20 heavy (non-hydrogen) atoms. The lowest BCUT2D eigenvalue weighted by atomic mass is 9.96. The molecule has 0 bridgehead atoms. The van der Waals surface area contributed by atoms with Crippen LogP contribution in [0.2, 0.25) is 0 Å². The molecule has 0 aliphatic heterocycles. The Balaban J connectivity index is 2.46. The largest absolute Gasteiger partial charge is 0.416 e. The Hall–Kier alpha value is -1.03. The van der Waals surface area contributed by atoms with Crippen molar-refractivity contribution in [3.63, 3.8) is 0 Å². The van der Waals surface area contributed by atoms with Crippen LogP contribution in [0.15, 0.2) is 24.3 Å². The molecule has 114 valence electrons. The molecule has 0 spiro atoms. The molecule has 0 amide bonds. The second-order valence-electron chi connectivity index (χ2n) is 5.50. The molecule has 0 aliphatic carbocycles. The third-order valence-electron chi connectivity index (χ3n) is 3.53. The second kappa shape index (κ2) is 7.67. The molecule has 0 fully saturated rings. The molecule has 0 aliphatic rings. The highest BCUT2D eigenvalue weighted by molar-refractivity contribution is 5.24. The monoisotopic (exact) mass is 287 g/mol. The summed E-state index contributed by atoms with van der Waals surface area (Å²) in [5, 5.41) is 3.45. The molecule has 1 rings (SSSR count). The normalized spacial score (nSPS) is 13.8. The van der Waals surface area contributed by atoms with Crippen molar-refractivity contribution in [3.05, 3.63) is 35.4 Å². The zero-order valence-corrected chi connectivity index (χ0v) is 12.4. The van der Waals surface area contributed by atoms with Crippen LogP contribution in [0.1, 0.15) is 44.7 Å². The molecule has 0 aromatic heterocycles. The Morgan fingerprint density at radius 1 is 1.10 bits per heavy atom. The predicted octanol–water partition coefficient (Wildman–Crippen LogP) is 4.66. The third kappa shape index (κ3) is 5.53. The van der Waals surface area contributed by atoms with Gasteiger partial charge in [-0.3, -0.25) is 0 Å². The van der Waals surface area contributed by atoms with Crippen LogP contribution in [0.4, 0.5) is 13.2 Å². The van der Waals surface area contributed by atoms with Crippen molar-refractivity contribution in [1.82, 2.24) is 5.32 Å². The van der Waals surface area contributed by atoms with E-state index in [2.05, 4.69) is 26.1 Å². The Kier molecular flexibility index (Phi) is 6.53. The molecule has 1 aromatic rings. The van der Waals surface area contributed by atoms with Crippen LogP contribution < -0.4 is 5.32 Å².